The summed E-state index contributed by atoms with van der Waals surface area (Å²) >= 11 is 0. The molecule has 250 valence electrons. The van der Waals surface area contributed by atoms with Crippen molar-refractivity contribution in [3.63, 3.8) is 0 Å². The van der Waals surface area contributed by atoms with Crippen molar-refractivity contribution in [1.82, 2.24) is 15.3 Å². The predicted molar refractivity (Wildman–Crippen MR) is 174 cm³/mol. The van der Waals surface area contributed by atoms with E-state index in [0.29, 0.717) is 79.7 Å². The van der Waals surface area contributed by atoms with Crippen molar-refractivity contribution in [3.05, 3.63) is 72.3 Å². The molecule has 4 heterocycles. The van der Waals surface area contributed by atoms with Gasteiger partial charge in [0.1, 0.15) is 0 Å². The van der Waals surface area contributed by atoms with Crippen LogP contribution >= 0.6 is 0 Å². The smallest absolute Gasteiger partial charge is 0.340 e. The lowest BCUT2D eigenvalue weighted by Gasteiger charge is -2.08. The van der Waals surface area contributed by atoms with Crippen LogP contribution in [0.1, 0.15) is 74.2 Å². The van der Waals surface area contributed by atoms with Crippen molar-refractivity contribution in [2.45, 2.75) is 79.6 Å². The average molecular weight is 651 g/mol. The summed E-state index contributed by atoms with van der Waals surface area (Å²) in [6.07, 6.45) is 1.74. The molecule has 2 aliphatic rings. The number of rotatable bonds is 11. The Morgan fingerprint density at radius 1 is 0.766 bits per heavy atom. The quantitative estimate of drug-likeness (QED) is 0.318. The van der Waals surface area contributed by atoms with E-state index in [1.54, 1.807) is 45.9 Å². The van der Waals surface area contributed by atoms with Gasteiger partial charge in [-0.3, -0.25) is 9.59 Å². The fourth-order valence-electron chi connectivity index (χ4n) is 5.98. The molecule has 2 amide bonds. The molecule has 10 nitrogen and oxygen atoms in total. The number of alkyl halides is 2. The number of methoxy groups -OCH3 is 2. The van der Waals surface area contributed by atoms with Crippen LogP contribution in [0.4, 0.5) is 8.78 Å². The topological polar surface area (TPSA) is 143 Å². The molecule has 0 aliphatic carbocycles. The Kier molecular flexibility index (Phi) is 10.6. The number of hydrogen-bond acceptors (Lipinski definition) is 6. The third-order valence-electron chi connectivity index (χ3n) is 8.82. The molecule has 2 unspecified atom stereocenters. The van der Waals surface area contributed by atoms with Crippen molar-refractivity contribution in [2.75, 3.05) is 14.2 Å². The number of aliphatic imine (C=N–C) groups is 1. The summed E-state index contributed by atoms with van der Waals surface area (Å²) in [4.78, 5) is 59.7. The number of aromatic nitrogens is 2. The molecule has 3 N–H and O–H groups in total. The number of aromatic amines is 2. The first kappa shape index (κ1) is 35.0. The number of ether oxygens (including phenoxy) is 2. The number of allylic oxidation sites excluding steroid dienone is 2. The molecule has 0 saturated carbocycles. The maximum Gasteiger partial charge on any atom is 0.340 e. The highest BCUT2D eigenvalue weighted by atomic mass is 19.1. The van der Waals surface area contributed by atoms with Gasteiger partial charge in [-0.1, -0.05) is 13.8 Å². The Morgan fingerprint density at radius 2 is 1.36 bits per heavy atom. The number of nitrogens with zero attached hydrogens (tertiary/aromatic N) is 1. The average Bonchev–Trinajstić information content (AvgIpc) is 3.69. The van der Waals surface area contributed by atoms with Crippen molar-refractivity contribution in [3.8, 4) is 0 Å². The van der Waals surface area contributed by atoms with E-state index >= 15 is 8.78 Å². The predicted octanol–water partition coefficient (Wildman–Crippen LogP) is 3.58. The molecule has 2 atom stereocenters. The Labute approximate surface area is 271 Å². The molecule has 12 heteroatoms. The van der Waals surface area contributed by atoms with Gasteiger partial charge in [0.25, 0.3) is 11.8 Å². The van der Waals surface area contributed by atoms with Gasteiger partial charge in [0.2, 0.25) is 12.3 Å². The molecule has 0 saturated heterocycles. The largest absolute Gasteiger partial charge is 0.467 e. The van der Waals surface area contributed by atoms with Crippen LogP contribution in [0.5, 0.6) is 0 Å². The Balaban J connectivity index is 1.97. The second kappa shape index (κ2) is 14.3. The summed E-state index contributed by atoms with van der Waals surface area (Å²) < 4.78 is 39.4. The first-order valence-electron chi connectivity index (χ1n) is 15.4. The van der Waals surface area contributed by atoms with Crippen LogP contribution in [0.25, 0.3) is 18.2 Å². The zero-order valence-corrected chi connectivity index (χ0v) is 27.9. The highest BCUT2D eigenvalue weighted by molar-refractivity contribution is 6.30. The molecule has 0 fully saturated rings. The van der Waals surface area contributed by atoms with E-state index in [1.165, 1.54) is 0 Å². The van der Waals surface area contributed by atoms with E-state index in [0.717, 1.165) is 25.4 Å². The van der Waals surface area contributed by atoms with Crippen molar-refractivity contribution < 1.29 is 37.4 Å². The van der Waals surface area contributed by atoms with Gasteiger partial charge >= 0.3 is 11.9 Å². The lowest BCUT2D eigenvalue weighted by molar-refractivity contribution is -0.147. The summed E-state index contributed by atoms with van der Waals surface area (Å²) in [5.41, 5.74) is 7.05. The fourth-order valence-corrected chi connectivity index (χ4v) is 5.98. The number of carbonyl (C=O) groups is 4. The van der Waals surface area contributed by atoms with E-state index in [-0.39, 0.29) is 24.7 Å². The number of halogens is 2. The minimum atomic E-state index is -1.97. The molecule has 2 aliphatic heterocycles. The van der Waals surface area contributed by atoms with E-state index in [1.807, 2.05) is 13.8 Å². The summed E-state index contributed by atoms with van der Waals surface area (Å²) in [7, 11) is 2.21. The van der Waals surface area contributed by atoms with E-state index < -0.39 is 24.3 Å². The molecule has 47 heavy (non-hydrogen) atoms. The second-order valence-corrected chi connectivity index (χ2v) is 11.5. The number of H-pyrrole nitrogens is 2. The summed E-state index contributed by atoms with van der Waals surface area (Å²) in [5.74, 6) is -2.59. The van der Waals surface area contributed by atoms with Gasteiger partial charge in [-0.15, -0.1) is 0 Å². The van der Waals surface area contributed by atoms with Crippen LogP contribution in [0.2, 0.25) is 0 Å². The molecular formula is C35H40F2N4O6. The molecule has 2 aromatic heterocycles. The van der Waals surface area contributed by atoms with Crippen molar-refractivity contribution >= 4 is 47.7 Å². The molecule has 0 bridgehead atoms. The van der Waals surface area contributed by atoms with Crippen LogP contribution in [-0.4, -0.2) is 66.0 Å². The van der Waals surface area contributed by atoms with E-state index in [2.05, 4.69) is 29.8 Å². The van der Waals surface area contributed by atoms with Crippen molar-refractivity contribution in [2.24, 2.45) is 4.99 Å². The summed E-state index contributed by atoms with van der Waals surface area (Å²) in [5, 5.41) is 3.83. The Morgan fingerprint density at radius 3 is 1.94 bits per heavy atom. The molecule has 4 rings (SSSR count). The Bertz CT molecular complexity index is 1910. The number of amides is 2. The molecular weight excluding hydrogens is 610 g/mol. The van der Waals surface area contributed by atoms with Gasteiger partial charge < -0.3 is 24.8 Å². The zero-order chi connectivity index (χ0) is 34.7. The zero-order valence-electron chi connectivity index (χ0n) is 27.9. The van der Waals surface area contributed by atoms with Gasteiger partial charge in [-0.2, -0.15) is 0 Å². The van der Waals surface area contributed by atoms with E-state index in [4.69, 9.17) is 0 Å². The minimum absolute atomic E-state index is 0.203. The Hall–Kier alpha value is -4.87. The van der Waals surface area contributed by atoms with Gasteiger partial charge in [0.15, 0.2) is 0 Å². The van der Waals surface area contributed by atoms with Crippen LogP contribution < -0.4 is 16.0 Å². The van der Waals surface area contributed by atoms with Crippen molar-refractivity contribution in [1.29, 1.82) is 0 Å². The molecule has 0 aromatic carbocycles. The second-order valence-electron chi connectivity index (χ2n) is 11.5. The van der Waals surface area contributed by atoms with E-state index in [9.17, 15) is 19.2 Å². The van der Waals surface area contributed by atoms with Crippen LogP contribution in [-0.2, 0) is 41.5 Å². The summed E-state index contributed by atoms with van der Waals surface area (Å²) in [6, 6.07) is 0. The molecule has 0 spiro atoms. The third-order valence-corrected chi connectivity index (χ3v) is 8.82. The lowest BCUT2D eigenvalue weighted by Crippen LogP contribution is -2.23. The fraction of sp³-hybridized carbons (Fsp3) is 0.400. The number of esters is 2. The molecule has 0 radical (unpaired) electrons. The highest BCUT2D eigenvalue weighted by Crippen LogP contribution is 2.29. The third kappa shape index (κ3) is 6.96. The van der Waals surface area contributed by atoms with Gasteiger partial charge in [-0.05, 0) is 92.2 Å². The first-order valence-corrected chi connectivity index (χ1v) is 15.4. The lowest BCUT2D eigenvalue weighted by atomic mass is 10.0. The monoisotopic (exact) mass is 650 g/mol. The standard InChI is InChI=1S/C35H40F2N4O6/c1-9-20-18(5)32(42)40-28(20)13-26-16(3)22(11-24(36)34(44)46-7)30(38-26)15-31-23(12-25(37)35(45)47-8)17(4)27(39-31)14-29-21(10-2)19(6)33(43)41-29/h13-15,24-25,38-39H,9-12H2,1-8H3,(H,40,42)/b27-14+,28-13+,31-15-. The van der Waals surface area contributed by atoms with Gasteiger partial charge in [-0.25, -0.2) is 23.4 Å². The number of nitrogens with one attached hydrogen (secondary N) is 3. The van der Waals surface area contributed by atoms with Crippen LogP contribution in [0, 0.1) is 13.8 Å². The maximum atomic E-state index is 15.1. The SMILES string of the molecule is CCC1=C(C)C(=O)N=C1/C=c1/[nH]/c(=C\c2[nH]c(/C=C3/NC(=O)C(C)=C3CC)c(C)c2CC(F)C(=O)OC)c(CC(F)C(=O)OC)c1C. The van der Waals surface area contributed by atoms with Gasteiger partial charge in [0, 0.05) is 51.8 Å². The molecule has 2 aromatic rings. The van der Waals surface area contributed by atoms with Crippen LogP contribution in [0.3, 0.4) is 0 Å². The highest BCUT2D eigenvalue weighted by Gasteiger charge is 2.27. The first-order chi connectivity index (χ1) is 22.3. The van der Waals surface area contributed by atoms with Gasteiger partial charge in [0.05, 0.1) is 19.9 Å². The normalized spacial score (nSPS) is 18.0. The minimum Gasteiger partial charge on any atom is -0.467 e. The maximum absolute atomic E-state index is 15.1. The summed E-state index contributed by atoms with van der Waals surface area (Å²) in [6.45, 7) is 10.8. The number of hydrogen-bond donors (Lipinski definition) is 3. The van der Waals surface area contributed by atoms with Crippen LogP contribution in [0.15, 0.2) is 33.0 Å². The number of carbonyl (C=O) groups excluding carboxylic acids is 4.